The quantitative estimate of drug-likeness (QED) is 0.818. The van der Waals surface area contributed by atoms with Crippen molar-refractivity contribution in [2.75, 3.05) is 20.3 Å². The molecule has 0 amide bonds. The minimum atomic E-state index is -0.299. The van der Waals surface area contributed by atoms with Crippen LogP contribution >= 0.6 is 0 Å². The van der Waals surface area contributed by atoms with Gasteiger partial charge in [0, 0.05) is 11.0 Å². The third kappa shape index (κ3) is 2.52. The second-order valence-electron chi connectivity index (χ2n) is 4.90. The summed E-state index contributed by atoms with van der Waals surface area (Å²) in [4.78, 5) is 0. The van der Waals surface area contributed by atoms with Crippen molar-refractivity contribution in [2.24, 2.45) is 5.41 Å². The van der Waals surface area contributed by atoms with Gasteiger partial charge in [-0.05, 0) is 18.9 Å². The van der Waals surface area contributed by atoms with E-state index in [1.54, 1.807) is 7.11 Å². The van der Waals surface area contributed by atoms with E-state index in [4.69, 9.17) is 14.2 Å². The topological polar surface area (TPSA) is 27.7 Å². The smallest absolute Gasteiger partial charge is 0.187 e. The minimum Gasteiger partial charge on any atom is -0.496 e. The first-order chi connectivity index (χ1) is 8.74. The summed E-state index contributed by atoms with van der Waals surface area (Å²) in [5.41, 5.74) is 1.15. The third-order valence-corrected chi connectivity index (χ3v) is 3.97. The Morgan fingerprint density at radius 3 is 2.33 bits per heavy atom. The van der Waals surface area contributed by atoms with E-state index in [9.17, 15) is 0 Å². The number of methoxy groups -OCH3 is 1. The molecule has 1 aliphatic heterocycles. The highest BCUT2D eigenvalue weighted by Crippen LogP contribution is 2.38. The van der Waals surface area contributed by atoms with Gasteiger partial charge in [-0.25, -0.2) is 0 Å². The summed E-state index contributed by atoms with van der Waals surface area (Å²) >= 11 is 0. The Balaban J connectivity index is 2.10. The highest BCUT2D eigenvalue weighted by atomic mass is 16.7. The monoisotopic (exact) mass is 250 g/mol. The highest BCUT2D eigenvalue weighted by molar-refractivity contribution is 5.34. The van der Waals surface area contributed by atoms with Gasteiger partial charge in [-0.2, -0.15) is 0 Å². The molecule has 2 rings (SSSR count). The van der Waals surface area contributed by atoms with Crippen LogP contribution in [0.3, 0.4) is 0 Å². The largest absolute Gasteiger partial charge is 0.496 e. The molecule has 1 fully saturated rings. The number of para-hydroxylation sites is 1. The van der Waals surface area contributed by atoms with Crippen LogP contribution in [0.2, 0.25) is 0 Å². The maximum atomic E-state index is 5.90. The molecule has 0 saturated carbocycles. The first kappa shape index (κ1) is 13.4. The molecule has 0 aromatic heterocycles. The fourth-order valence-electron chi connectivity index (χ4n) is 2.29. The van der Waals surface area contributed by atoms with Crippen LogP contribution < -0.4 is 4.74 Å². The van der Waals surface area contributed by atoms with Gasteiger partial charge in [0.05, 0.1) is 20.3 Å². The maximum Gasteiger partial charge on any atom is 0.187 e. The van der Waals surface area contributed by atoms with Crippen LogP contribution in [0, 0.1) is 5.41 Å². The lowest BCUT2D eigenvalue weighted by molar-refractivity contribution is -0.236. The molecule has 1 heterocycles. The van der Waals surface area contributed by atoms with E-state index in [-0.39, 0.29) is 11.7 Å². The predicted octanol–water partition coefficient (Wildman–Crippen LogP) is 3.55. The molecule has 0 radical (unpaired) electrons. The fourth-order valence-corrected chi connectivity index (χ4v) is 2.29. The normalized spacial score (nSPS) is 19.7. The van der Waals surface area contributed by atoms with E-state index in [1.165, 1.54) is 0 Å². The molecule has 0 aliphatic carbocycles. The van der Waals surface area contributed by atoms with Crippen LogP contribution in [-0.2, 0) is 9.47 Å². The Morgan fingerprint density at radius 2 is 1.78 bits per heavy atom. The Hall–Kier alpha value is -1.06. The van der Waals surface area contributed by atoms with E-state index in [2.05, 4.69) is 13.8 Å². The predicted molar refractivity (Wildman–Crippen MR) is 70.7 cm³/mol. The number of ether oxygens (including phenoxy) is 3. The molecule has 1 aliphatic rings. The summed E-state index contributed by atoms with van der Waals surface area (Å²) < 4.78 is 17.1. The molecule has 0 N–H and O–H groups in total. The first-order valence-electron chi connectivity index (χ1n) is 6.61. The maximum absolute atomic E-state index is 5.90. The Morgan fingerprint density at radius 1 is 1.17 bits per heavy atom. The first-order valence-corrected chi connectivity index (χ1v) is 6.61. The molecule has 100 valence electrons. The molecule has 3 nitrogen and oxygen atoms in total. The van der Waals surface area contributed by atoms with Crippen LogP contribution in [0.15, 0.2) is 24.3 Å². The standard InChI is InChI=1S/C15H22O3/c1-4-15(5-2)10-17-14(18-11-15)12-8-6-7-9-13(12)16-3/h6-9,14H,4-5,10-11H2,1-3H3. The van der Waals surface area contributed by atoms with Crippen molar-refractivity contribution in [2.45, 2.75) is 33.0 Å². The van der Waals surface area contributed by atoms with Crippen molar-refractivity contribution < 1.29 is 14.2 Å². The Kier molecular flexibility index (Phi) is 4.25. The summed E-state index contributed by atoms with van der Waals surface area (Å²) in [6, 6.07) is 7.86. The van der Waals surface area contributed by atoms with Gasteiger partial charge in [0.25, 0.3) is 0 Å². The zero-order chi connectivity index (χ0) is 13.0. The van der Waals surface area contributed by atoms with Crippen LogP contribution in [0.4, 0.5) is 0 Å². The molecule has 0 atom stereocenters. The van der Waals surface area contributed by atoms with Crippen molar-refractivity contribution in [3.05, 3.63) is 29.8 Å². The molecule has 3 heteroatoms. The summed E-state index contributed by atoms with van der Waals surface area (Å²) in [6.45, 7) is 5.89. The van der Waals surface area contributed by atoms with Crippen LogP contribution in [0.1, 0.15) is 38.5 Å². The zero-order valence-electron chi connectivity index (χ0n) is 11.4. The lowest BCUT2D eigenvalue weighted by atomic mass is 9.83. The van der Waals surface area contributed by atoms with E-state index in [0.29, 0.717) is 0 Å². The summed E-state index contributed by atoms with van der Waals surface area (Å²) in [5.74, 6) is 0.822. The molecule has 18 heavy (non-hydrogen) atoms. The fraction of sp³-hybridized carbons (Fsp3) is 0.600. The summed E-state index contributed by atoms with van der Waals surface area (Å²) in [5, 5.41) is 0. The van der Waals surface area contributed by atoms with Crippen LogP contribution in [0.5, 0.6) is 5.75 Å². The molecule has 1 aromatic carbocycles. The van der Waals surface area contributed by atoms with Gasteiger partial charge < -0.3 is 14.2 Å². The van der Waals surface area contributed by atoms with Gasteiger partial charge in [0.15, 0.2) is 6.29 Å². The lowest BCUT2D eigenvalue weighted by Crippen LogP contribution is -2.37. The van der Waals surface area contributed by atoms with Crippen molar-refractivity contribution in [1.82, 2.24) is 0 Å². The van der Waals surface area contributed by atoms with Gasteiger partial charge in [0.1, 0.15) is 5.75 Å². The van der Waals surface area contributed by atoms with E-state index in [1.807, 2.05) is 24.3 Å². The second kappa shape index (κ2) is 5.72. The van der Waals surface area contributed by atoms with Gasteiger partial charge in [0.2, 0.25) is 0 Å². The van der Waals surface area contributed by atoms with E-state index in [0.717, 1.165) is 37.4 Å². The Bertz CT molecular complexity index is 375. The number of benzene rings is 1. The van der Waals surface area contributed by atoms with Crippen LogP contribution in [-0.4, -0.2) is 20.3 Å². The SMILES string of the molecule is CCC1(CC)COC(c2ccccc2OC)OC1. The third-order valence-electron chi connectivity index (χ3n) is 3.97. The average Bonchev–Trinajstić information content (AvgIpc) is 2.47. The number of rotatable bonds is 4. The molecular weight excluding hydrogens is 228 g/mol. The Labute approximate surface area is 109 Å². The molecule has 1 saturated heterocycles. The van der Waals surface area contributed by atoms with Crippen molar-refractivity contribution in [3.63, 3.8) is 0 Å². The summed E-state index contributed by atoms with van der Waals surface area (Å²) in [7, 11) is 1.67. The van der Waals surface area contributed by atoms with Gasteiger partial charge in [-0.1, -0.05) is 32.0 Å². The van der Waals surface area contributed by atoms with E-state index < -0.39 is 0 Å². The number of hydrogen-bond donors (Lipinski definition) is 0. The molecule has 0 bridgehead atoms. The molecule has 0 unspecified atom stereocenters. The summed E-state index contributed by atoms with van der Waals surface area (Å²) in [6.07, 6.45) is 1.87. The molecular formula is C15H22O3. The zero-order valence-corrected chi connectivity index (χ0v) is 11.4. The van der Waals surface area contributed by atoms with Crippen LogP contribution in [0.25, 0.3) is 0 Å². The second-order valence-corrected chi connectivity index (χ2v) is 4.90. The average molecular weight is 250 g/mol. The number of hydrogen-bond acceptors (Lipinski definition) is 3. The van der Waals surface area contributed by atoms with Gasteiger partial charge in [-0.3, -0.25) is 0 Å². The minimum absolute atomic E-state index is 0.179. The van der Waals surface area contributed by atoms with Gasteiger partial charge in [-0.15, -0.1) is 0 Å². The molecule has 0 spiro atoms. The van der Waals surface area contributed by atoms with Crippen molar-refractivity contribution in [1.29, 1.82) is 0 Å². The lowest BCUT2D eigenvalue weighted by Gasteiger charge is -2.39. The molecule has 1 aromatic rings. The van der Waals surface area contributed by atoms with E-state index >= 15 is 0 Å². The van der Waals surface area contributed by atoms with Crippen molar-refractivity contribution in [3.8, 4) is 5.75 Å². The van der Waals surface area contributed by atoms with Crippen molar-refractivity contribution >= 4 is 0 Å². The van der Waals surface area contributed by atoms with Gasteiger partial charge >= 0.3 is 0 Å². The highest BCUT2D eigenvalue weighted by Gasteiger charge is 2.35.